The van der Waals surface area contributed by atoms with Crippen LogP contribution in [0.2, 0.25) is 10.0 Å². The van der Waals surface area contributed by atoms with E-state index < -0.39 is 0 Å². The molecule has 4 nitrogen and oxygen atoms in total. The molecule has 0 unspecified atom stereocenters. The van der Waals surface area contributed by atoms with E-state index in [2.05, 4.69) is 18.4 Å². The minimum Gasteiger partial charge on any atom is -0.465 e. The van der Waals surface area contributed by atoms with Crippen LogP contribution in [0.4, 0.5) is 0 Å². The summed E-state index contributed by atoms with van der Waals surface area (Å²) in [5, 5.41) is 1.07. The van der Waals surface area contributed by atoms with Crippen molar-refractivity contribution in [3.8, 4) is 0 Å². The Morgan fingerprint density at radius 1 is 1.16 bits per heavy atom. The Morgan fingerprint density at radius 3 is 2.56 bits per heavy atom. The first kappa shape index (κ1) is 17.8. The van der Waals surface area contributed by atoms with E-state index in [9.17, 15) is 4.79 Å². The summed E-state index contributed by atoms with van der Waals surface area (Å²) in [5.74, 6) is 0.812. The standard InChI is InChI=1S/C19H18Cl2N2O2/c1-11(2)18-22-16-9-13(19(24)25-3)5-7-17(16)23(18)10-12-4-6-14(20)15(21)8-12/h4-9,11H,10H2,1-3H3. The van der Waals surface area contributed by atoms with E-state index in [-0.39, 0.29) is 11.9 Å². The largest absolute Gasteiger partial charge is 0.465 e. The van der Waals surface area contributed by atoms with Gasteiger partial charge in [-0.15, -0.1) is 0 Å². The van der Waals surface area contributed by atoms with Crippen molar-refractivity contribution in [2.75, 3.05) is 7.11 Å². The summed E-state index contributed by atoms with van der Waals surface area (Å²) in [6.45, 7) is 4.81. The number of imidazole rings is 1. The average Bonchev–Trinajstić information content (AvgIpc) is 2.95. The fourth-order valence-electron chi connectivity index (χ4n) is 2.82. The van der Waals surface area contributed by atoms with Crippen LogP contribution in [-0.4, -0.2) is 22.6 Å². The number of ether oxygens (including phenoxy) is 1. The van der Waals surface area contributed by atoms with E-state index in [1.807, 2.05) is 18.2 Å². The molecule has 0 fully saturated rings. The Bertz CT molecular complexity index is 948. The van der Waals surface area contributed by atoms with Gasteiger partial charge >= 0.3 is 5.97 Å². The molecule has 25 heavy (non-hydrogen) atoms. The molecule has 3 rings (SSSR count). The lowest BCUT2D eigenvalue weighted by atomic mass is 10.1. The molecule has 130 valence electrons. The number of carbonyl (C=O) groups is 1. The first-order valence-corrected chi connectivity index (χ1v) is 8.68. The second-order valence-corrected chi connectivity index (χ2v) is 6.97. The van der Waals surface area contributed by atoms with E-state index in [4.69, 9.17) is 32.9 Å². The molecule has 0 saturated heterocycles. The number of esters is 1. The van der Waals surface area contributed by atoms with E-state index in [0.29, 0.717) is 22.2 Å². The molecule has 0 aliphatic heterocycles. The number of hydrogen-bond acceptors (Lipinski definition) is 3. The van der Waals surface area contributed by atoms with Gasteiger partial charge in [-0.3, -0.25) is 0 Å². The topological polar surface area (TPSA) is 44.1 Å². The van der Waals surface area contributed by atoms with Gasteiger partial charge in [-0.05, 0) is 35.9 Å². The van der Waals surface area contributed by atoms with Crippen molar-refractivity contribution in [3.05, 3.63) is 63.4 Å². The molecule has 0 saturated carbocycles. The van der Waals surface area contributed by atoms with Gasteiger partial charge in [0.05, 0.1) is 33.8 Å². The molecule has 0 atom stereocenters. The van der Waals surface area contributed by atoms with Crippen LogP contribution in [0.5, 0.6) is 0 Å². The Kier molecular flexibility index (Phi) is 5.02. The van der Waals surface area contributed by atoms with Crippen LogP contribution in [-0.2, 0) is 11.3 Å². The molecule has 1 aromatic heterocycles. The van der Waals surface area contributed by atoms with Crippen molar-refractivity contribution in [3.63, 3.8) is 0 Å². The highest BCUT2D eigenvalue weighted by Gasteiger charge is 2.16. The van der Waals surface area contributed by atoms with Gasteiger partial charge in [0.15, 0.2) is 0 Å². The SMILES string of the molecule is COC(=O)c1ccc2c(c1)nc(C(C)C)n2Cc1ccc(Cl)c(Cl)c1. The number of aromatic nitrogens is 2. The molecular formula is C19H18Cl2N2O2. The van der Waals surface area contributed by atoms with Crippen molar-refractivity contribution in [1.82, 2.24) is 9.55 Å². The van der Waals surface area contributed by atoms with Crippen LogP contribution in [0.1, 0.15) is 41.5 Å². The molecule has 6 heteroatoms. The number of methoxy groups -OCH3 is 1. The van der Waals surface area contributed by atoms with Gasteiger partial charge in [-0.2, -0.15) is 0 Å². The maximum atomic E-state index is 11.8. The molecule has 0 spiro atoms. The number of hydrogen-bond donors (Lipinski definition) is 0. The van der Waals surface area contributed by atoms with Crippen LogP contribution in [0.3, 0.4) is 0 Å². The van der Waals surface area contributed by atoms with Gasteiger partial charge in [0.1, 0.15) is 5.82 Å². The first-order chi connectivity index (χ1) is 11.9. The number of fused-ring (bicyclic) bond motifs is 1. The van der Waals surface area contributed by atoms with E-state index in [0.717, 1.165) is 22.4 Å². The zero-order valence-corrected chi connectivity index (χ0v) is 15.7. The Morgan fingerprint density at radius 2 is 1.92 bits per heavy atom. The van der Waals surface area contributed by atoms with Crippen LogP contribution < -0.4 is 0 Å². The van der Waals surface area contributed by atoms with Crippen molar-refractivity contribution in [2.45, 2.75) is 26.3 Å². The highest BCUT2D eigenvalue weighted by Crippen LogP contribution is 2.27. The van der Waals surface area contributed by atoms with E-state index in [1.54, 1.807) is 18.2 Å². The number of nitrogens with zero attached hydrogens (tertiary/aromatic N) is 2. The van der Waals surface area contributed by atoms with E-state index in [1.165, 1.54) is 7.11 Å². The zero-order valence-electron chi connectivity index (χ0n) is 14.2. The van der Waals surface area contributed by atoms with Crippen molar-refractivity contribution in [1.29, 1.82) is 0 Å². The lowest BCUT2D eigenvalue weighted by Gasteiger charge is -2.12. The third kappa shape index (κ3) is 3.51. The van der Waals surface area contributed by atoms with E-state index >= 15 is 0 Å². The van der Waals surface area contributed by atoms with Crippen LogP contribution in [0.25, 0.3) is 11.0 Å². The third-order valence-corrected chi connectivity index (χ3v) is 4.78. The Labute approximate surface area is 156 Å². The van der Waals surface area contributed by atoms with Crippen molar-refractivity contribution in [2.24, 2.45) is 0 Å². The number of halogens is 2. The van der Waals surface area contributed by atoms with Crippen molar-refractivity contribution >= 4 is 40.2 Å². The molecule has 0 bridgehead atoms. The molecule has 3 aromatic rings. The summed E-state index contributed by atoms with van der Waals surface area (Å²) in [4.78, 5) is 16.5. The maximum Gasteiger partial charge on any atom is 0.337 e. The zero-order chi connectivity index (χ0) is 18.1. The Balaban J connectivity index is 2.10. The minimum atomic E-state index is -0.368. The summed E-state index contributed by atoms with van der Waals surface area (Å²) >= 11 is 12.1. The quantitative estimate of drug-likeness (QED) is 0.580. The van der Waals surface area contributed by atoms with Crippen LogP contribution in [0.15, 0.2) is 36.4 Å². The monoisotopic (exact) mass is 376 g/mol. The van der Waals surface area contributed by atoms with Gasteiger partial charge in [-0.1, -0.05) is 43.1 Å². The Hall–Kier alpha value is -2.04. The first-order valence-electron chi connectivity index (χ1n) is 7.93. The molecular weight excluding hydrogens is 359 g/mol. The van der Waals surface area contributed by atoms with Gasteiger partial charge in [-0.25, -0.2) is 9.78 Å². The molecule has 0 aliphatic rings. The number of carbonyl (C=O) groups excluding carboxylic acids is 1. The second-order valence-electron chi connectivity index (χ2n) is 6.15. The van der Waals surface area contributed by atoms with Gasteiger partial charge in [0.25, 0.3) is 0 Å². The predicted octanol–water partition coefficient (Wildman–Crippen LogP) is 5.30. The molecule has 0 N–H and O–H groups in total. The fourth-order valence-corrected chi connectivity index (χ4v) is 3.14. The summed E-state index contributed by atoms with van der Waals surface area (Å²) in [6.07, 6.45) is 0. The molecule has 0 aliphatic carbocycles. The molecule has 2 aromatic carbocycles. The summed E-state index contributed by atoms with van der Waals surface area (Å²) in [7, 11) is 1.37. The predicted molar refractivity (Wildman–Crippen MR) is 101 cm³/mol. The average molecular weight is 377 g/mol. The summed E-state index contributed by atoms with van der Waals surface area (Å²) in [5.41, 5.74) is 3.26. The summed E-state index contributed by atoms with van der Waals surface area (Å²) < 4.78 is 6.93. The van der Waals surface area contributed by atoms with Crippen LogP contribution >= 0.6 is 23.2 Å². The molecule has 1 heterocycles. The second kappa shape index (κ2) is 7.06. The van der Waals surface area contributed by atoms with Gasteiger partial charge in [0, 0.05) is 12.5 Å². The van der Waals surface area contributed by atoms with Gasteiger partial charge in [0.2, 0.25) is 0 Å². The van der Waals surface area contributed by atoms with Gasteiger partial charge < -0.3 is 9.30 Å². The highest BCUT2D eigenvalue weighted by molar-refractivity contribution is 6.42. The highest BCUT2D eigenvalue weighted by atomic mass is 35.5. The van der Waals surface area contributed by atoms with Crippen molar-refractivity contribution < 1.29 is 9.53 Å². The number of rotatable bonds is 4. The molecule has 0 radical (unpaired) electrons. The fraction of sp³-hybridized carbons (Fsp3) is 0.263. The lowest BCUT2D eigenvalue weighted by Crippen LogP contribution is -2.07. The summed E-state index contributed by atoms with van der Waals surface area (Å²) in [6, 6.07) is 11.0. The number of benzene rings is 2. The third-order valence-electron chi connectivity index (χ3n) is 4.04. The maximum absolute atomic E-state index is 11.8. The minimum absolute atomic E-state index is 0.233. The smallest absolute Gasteiger partial charge is 0.337 e. The lowest BCUT2D eigenvalue weighted by molar-refractivity contribution is 0.0601. The molecule has 0 amide bonds. The normalized spacial score (nSPS) is 11.3. The van der Waals surface area contributed by atoms with Crippen LogP contribution in [0, 0.1) is 0 Å².